The third kappa shape index (κ3) is 2.89. The van der Waals surface area contributed by atoms with Crippen molar-refractivity contribution in [1.82, 2.24) is 4.98 Å². The summed E-state index contributed by atoms with van der Waals surface area (Å²) in [5.74, 6) is 0. The summed E-state index contributed by atoms with van der Waals surface area (Å²) in [6, 6.07) is 14.9. The van der Waals surface area contributed by atoms with Gasteiger partial charge in [-0.3, -0.25) is 0 Å². The number of nitrogens with zero attached hydrogens (tertiary/aromatic N) is 3. The normalized spacial score (nSPS) is 10.7. The van der Waals surface area contributed by atoms with Crippen LogP contribution in [0.4, 0.5) is 5.69 Å². The molecule has 0 saturated heterocycles. The van der Waals surface area contributed by atoms with Crippen LogP contribution < -0.4 is 33.4 Å². The maximum absolute atomic E-state index is 4.80. The highest BCUT2D eigenvalue weighted by Crippen LogP contribution is 2.21. The molecule has 0 amide bonds. The fourth-order valence-electron chi connectivity index (χ4n) is 3.00. The van der Waals surface area contributed by atoms with Gasteiger partial charge in [0.25, 0.3) is 0 Å². The van der Waals surface area contributed by atoms with Crippen molar-refractivity contribution in [2.45, 2.75) is 27.3 Å². The van der Waals surface area contributed by atoms with E-state index in [9.17, 15) is 0 Å². The molecule has 0 aliphatic carbocycles. The van der Waals surface area contributed by atoms with Crippen LogP contribution in [0.15, 0.2) is 42.5 Å². The van der Waals surface area contributed by atoms with Gasteiger partial charge in [0.15, 0.2) is 0 Å². The van der Waals surface area contributed by atoms with E-state index < -0.39 is 0 Å². The minimum absolute atomic E-state index is 0. The average Bonchev–Trinajstić information content (AvgIpc) is 2.53. The Bertz CT molecular complexity index is 782. The zero-order valence-electron chi connectivity index (χ0n) is 13.4. The quantitative estimate of drug-likeness (QED) is 0.358. The first-order valence-corrected chi connectivity index (χ1v) is 7.75. The molecule has 0 saturated carbocycles. The lowest BCUT2D eigenvalue weighted by molar-refractivity contribution is -0.641. The lowest BCUT2D eigenvalue weighted by Crippen LogP contribution is -3.00. The molecule has 22 heavy (non-hydrogen) atoms. The fraction of sp³-hybridized carbons (Fsp3) is 0.333. The summed E-state index contributed by atoms with van der Waals surface area (Å²) >= 11 is 0. The van der Waals surface area contributed by atoms with Gasteiger partial charge >= 0.3 is 0 Å². The van der Waals surface area contributed by atoms with Crippen molar-refractivity contribution >= 4 is 27.8 Å². The number of benzene rings is 2. The molecule has 2 aromatic carbocycles. The summed E-state index contributed by atoms with van der Waals surface area (Å²) in [5, 5.41) is 0. The molecule has 0 radical (unpaired) electrons. The van der Waals surface area contributed by atoms with E-state index in [1.54, 1.807) is 0 Å². The van der Waals surface area contributed by atoms with E-state index in [0.717, 1.165) is 30.7 Å². The molecule has 3 nitrogen and oxygen atoms in total. The summed E-state index contributed by atoms with van der Waals surface area (Å²) in [7, 11) is 0. The van der Waals surface area contributed by atoms with Gasteiger partial charge in [-0.1, -0.05) is 12.1 Å². The lowest BCUT2D eigenvalue weighted by Gasteiger charge is -2.20. The van der Waals surface area contributed by atoms with Crippen LogP contribution in [0.1, 0.15) is 20.8 Å². The highest BCUT2D eigenvalue weighted by atomic mass is 127. The van der Waals surface area contributed by atoms with Gasteiger partial charge in [-0.2, -0.15) is 4.57 Å². The van der Waals surface area contributed by atoms with Crippen LogP contribution in [-0.4, -0.2) is 18.1 Å². The summed E-state index contributed by atoms with van der Waals surface area (Å²) < 4.78 is 2.35. The maximum atomic E-state index is 4.80. The second kappa shape index (κ2) is 7.22. The van der Waals surface area contributed by atoms with Gasteiger partial charge in [-0.05, 0) is 39.0 Å². The first kappa shape index (κ1) is 16.9. The van der Waals surface area contributed by atoms with Crippen LogP contribution in [0.25, 0.3) is 22.1 Å². The highest BCUT2D eigenvalue weighted by Gasteiger charge is 2.16. The molecular formula is C18H22IN3. The van der Waals surface area contributed by atoms with E-state index in [2.05, 4.69) is 66.6 Å². The van der Waals surface area contributed by atoms with Crippen molar-refractivity contribution in [2.75, 3.05) is 18.0 Å². The Morgan fingerprint density at radius 2 is 1.59 bits per heavy atom. The van der Waals surface area contributed by atoms with E-state index in [1.807, 2.05) is 6.07 Å². The zero-order valence-corrected chi connectivity index (χ0v) is 15.5. The molecular weight excluding hydrogens is 385 g/mol. The lowest BCUT2D eigenvalue weighted by atomic mass is 10.2. The Balaban J connectivity index is 0.00000176. The van der Waals surface area contributed by atoms with Crippen LogP contribution in [0.2, 0.25) is 0 Å². The molecule has 0 N–H and O–H groups in total. The predicted octanol–water partition coefficient (Wildman–Crippen LogP) is 0.546. The average molecular weight is 407 g/mol. The second-order valence-corrected chi connectivity index (χ2v) is 5.19. The summed E-state index contributed by atoms with van der Waals surface area (Å²) in [4.78, 5) is 7.17. The molecule has 0 spiro atoms. The predicted molar refractivity (Wildman–Crippen MR) is 88.7 cm³/mol. The molecule has 0 aliphatic heterocycles. The Morgan fingerprint density at radius 1 is 0.909 bits per heavy atom. The van der Waals surface area contributed by atoms with Crippen molar-refractivity contribution < 1.29 is 28.5 Å². The largest absolute Gasteiger partial charge is 1.00 e. The molecule has 0 atom stereocenters. The molecule has 0 aliphatic rings. The van der Waals surface area contributed by atoms with Crippen LogP contribution >= 0.6 is 0 Å². The van der Waals surface area contributed by atoms with Gasteiger partial charge in [0.1, 0.15) is 17.6 Å². The highest BCUT2D eigenvalue weighted by molar-refractivity contribution is 5.83. The Kier molecular flexibility index (Phi) is 5.56. The number of hydrogen-bond donors (Lipinski definition) is 0. The molecule has 3 aromatic rings. The minimum atomic E-state index is 0. The molecule has 1 aromatic heterocycles. The number of para-hydroxylation sites is 2. The summed E-state index contributed by atoms with van der Waals surface area (Å²) in [6.45, 7) is 9.57. The molecule has 0 unspecified atom stereocenters. The van der Waals surface area contributed by atoms with Crippen molar-refractivity contribution in [3.63, 3.8) is 0 Å². The van der Waals surface area contributed by atoms with E-state index in [0.29, 0.717) is 0 Å². The molecule has 0 fully saturated rings. The fourth-order valence-corrected chi connectivity index (χ4v) is 3.00. The molecule has 3 rings (SSSR count). The zero-order chi connectivity index (χ0) is 14.8. The van der Waals surface area contributed by atoms with Gasteiger partial charge in [0.2, 0.25) is 11.0 Å². The van der Waals surface area contributed by atoms with Crippen LogP contribution in [0.3, 0.4) is 0 Å². The topological polar surface area (TPSA) is 20.0 Å². The SMILES string of the molecule is CCN(CC)c1ccc2nc3ccccc3[n+](CC)c2c1.[I-]. The van der Waals surface area contributed by atoms with Crippen LogP contribution in [-0.2, 0) is 6.54 Å². The number of rotatable bonds is 4. The van der Waals surface area contributed by atoms with E-state index >= 15 is 0 Å². The van der Waals surface area contributed by atoms with E-state index in [1.165, 1.54) is 16.7 Å². The number of aryl methyl sites for hydroxylation is 1. The van der Waals surface area contributed by atoms with Gasteiger partial charge in [-0.25, -0.2) is 4.98 Å². The van der Waals surface area contributed by atoms with Crippen LogP contribution in [0, 0.1) is 0 Å². The maximum Gasteiger partial charge on any atom is 0.233 e. The van der Waals surface area contributed by atoms with Crippen LogP contribution in [0.5, 0.6) is 0 Å². The summed E-state index contributed by atoms with van der Waals surface area (Å²) in [5.41, 5.74) is 5.80. The van der Waals surface area contributed by atoms with E-state index in [-0.39, 0.29) is 24.0 Å². The number of aromatic nitrogens is 2. The number of fused-ring (bicyclic) bond motifs is 2. The van der Waals surface area contributed by atoms with Gasteiger partial charge in [-0.15, -0.1) is 0 Å². The van der Waals surface area contributed by atoms with Crippen molar-refractivity contribution in [2.24, 2.45) is 0 Å². The van der Waals surface area contributed by atoms with Gasteiger partial charge in [0.05, 0.1) is 0 Å². The third-order valence-electron chi connectivity index (χ3n) is 4.11. The number of hydrogen-bond acceptors (Lipinski definition) is 2. The Hall–Kier alpha value is -1.43. The molecule has 116 valence electrons. The monoisotopic (exact) mass is 407 g/mol. The molecule has 1 heterocycles. The first-order valence-electron chi connectivity index (χ1n) is 7.75. The van der Waals surface area contributed by atoms with Gasteiger partial charge < -0.3 is 28.9 Å². The minimum Gasteiger partial charge on any atom is -1.00 e. The molecule has 4 heteroatoms. The van der Waals surface area contributed by atoms with E-state index in [4.69, 9.17) is 4.98 Å². The Labute approximate surface area is 149 Å². The van der Waals surface area contributed by atoms with Crippen molar-refractivity contribution in [1.29, 1.82) is 0 Å². The van der Waals surface area contributed by atoms with Crippen molar-refractivity contribution in [3.05, 3.63) is 42.5 Å². The summed E-state index contributed by atoms with van der Waals surface area (Å²) in [6.07, 6.45) is 0. The van der Waals surface area contributed by atoms with Crippen molar-refractivity contribution in [3.8, 4) is 0 Å². The third-order valence-corrected chi connectivity index (χ3v) is 4.11. The smallest absolute Gasteiger partial charge is 0.233 e. The first-order chi connectivity index (χ1) is 10.3. The van der Waals surface area contributed by atoms with Gasteiger partial charge in [0, 0.05) is 30.9 Å². The number of anilines is 1. The number of halogens is 1. The standard InChI is InChI=1S/C18H22N3.HI/c1-4-20(5-2)14-11-12-16-18(13-14)21(6-3)17-10-8-7-9-15(17)19-16;/h7-13H,4-6H2,1-3H3;1H/q+1;/p-1. The Morgan fingerprint density at radius 3 is 2.27 bits per heavy atom. The second-order valence-electron chi connectivity index (χ2n) is 5.19. The molecule has 0 bridgehead atoms.